The second-order valence-corrected chi connectivity index (χ2v) is 9.16. The summed E-state index contributed by atoms with van der Waals surface area (Å²) in [6.45, 7) is 2.61. The topological polar surface area (TPSA) is 85.7 Å². The standard InChI is InChI=1S/C26H30F3N3O4/c1-15(34-3)25(8-9-25)14-36-22-10-18-20(11-21(22)35-4)31-16(2)32-24(18)30-12-17-6-5-7-19(23(17)27)26(28,29)13-33/h5-7,10-11,15,33H,8-9,12-14H2,1-4H3,(H,30,31,32). The van der Waals surface area contributed by atoms with Crippen molar-refractivity contribution in [2.45, 2.75) is 45.3 Å². The fraction of sp³-hybridized carbons (Fsp3) is 0.462. The van der Waals surface area contributed by atoms with Crippen LogP contribution in [0.25, 0.3) is 10.9 Å². The molecule has 2 N–H and O–H groups in total. The Kier molecular flexibility index (Phi) is 7.28. The second-order valence-electron chi connectivity index (χ2n) is 9.16. The molecular formula is C26H30F3N3O4. The van der Waals surface area contributed by atoms with Gasteiger partial charge in [0.15, 0.2) is 11.5 Å². The van der Waals surface area contributed by atoms with Crippen molar-refractivity contribution in [3.05, 3.63) is 53.1 Å². The summed E-state index contributed by atoms with van der Waals surface area (Å²) in [7, 11) is 3.23. The number of hydrogen-bond acceptors (Lipinski definition) is 7. The summed E-state index contributed by atoms with van der Waals surface area (Å²) < 4.78 is 59.9. The van der Waals surface area contributed by atoms with E-state index in [-0.39, 0.29) is 23.6 Å². The van der Waals surface area contributed by atoms with Gasteiger partial charge in [-0.25, -0.2) is 14.4 Å². The molecule has 3 aromatic rings. The van der Waals surface area contributed by atoms with Crippen LogP contribution in [0.4, 0.5) is 19.0 Å². The zero-order valence-electron chi connectivity index (χ0n) is 20.7. The number of aliphatic hydroxyl groups excluding tert-OH is 1. The van der Waals surface area contributed by atoms with E-state index in [1.807, 2.05) is 6.92 Å². The number of ether oxygens (including phenoxy) is 3. The molecule has 10 heteroatoms. The number of hydrogen-bond donors (Lipinski definition) is 2. The number of fused-ring (bicyclic) bond motifs is 1. The second kappa shape index (κ2) is 10.1. The third-order valence-corrected chi connectivity index (χ3v) is 6.83. The van der Waals surface area contributed by atoms with Crippen LogP contribution in [0.15, 0.2) is 30.3 Å². The molecule has 4 rings (SSSR count). The summed E-state index contributed by atoms with van der Waals surface area (Å²) in [6, 6.07) is 7.20. The molecule has 1 aliphatic carbocycles. The van der Waals surface area contributed by atoms with E-state index in [4.69, 9.17) is 19.3 Å². The number of rotatable bonds is 11. The van der Waals surface area contributed by atoms with Crippen molar-refractivity contribution >= 4 is 16.7 Å². The van der Waals surface area contributed by atoms with E-state index < -0.39 is 23.9 Å². The minimum atomic E-state index is -3.68. The van der Waals surface area contributed by atoms with Gasteiger partial charge in [0.1, 0.15) is 24.1 Å². The number of benzene rings is 2. The van der Waals surface area contributed by atoms with E-state index in [0.29, 0.717) is 40.7 Å². The highest BCUT2D eigenvalue weighted by Crippen LogP contribution is 2.50. The van der Waals surface area contributed by atoms with Gasteiger partial charge in [0.25, 0.3) is 5.92 Å². The summed E-state index contributed by atoms with van der Waals surface area (Å²) in [5.41, 5.74) is -0.299. The number of alkyl halides is 2. The van der Waals surface area contributed by atoms with Crippen molar-refractivity contribution in [2.75, 3.05) is 32.8 Å². The summed E-state index contributed by atoms with van der Waals surface area (Å²) in [6.07, 6.45) is 2.07. The van der Waals surface area contributed by atoms with Crippen molar-refractivity contribution in [1.29, 1.82) is 0 Å². The smallest absolute Gasteiger partial charge is 0.298 e. The highest BCUT2D eigenvalue weighted by atomic mass is 19.3. The molecule has 1 heterocycles. The zero-order valence-corrected chi connectivity index (χ0v) is 20.7. The minimum absolute atomic E-state index is 0.0132. The van der Waals surface area contributed by atoms with Crippen LogP contribution in [-0.2, 0) is 17.2 Å². The number of methoxy groups -OCH3 is 2. The first-order valence-corrected chi connectivity index (χ1v) is 11.7. The Hall–Kier alpha value is -3.11. The summed E-state index contributed by atoms with van der Waals surface area (Å²) in [5, 5.41) is 12.6. The third-order valence-electron chi connectivity index (χ3n) is 6.83. The number of aliphatic hydroxyl groups is 1. The average molecular weight is 506 g/mol. The molecule has 1 atom stereocenters. The van der Waals surface area contributed by atoms with E-state index in [2.05, 4.69) is 15.3 Å². The van der Waals surface area contributed by atoms with Crippen LogP contribution in [0.2, 0.25) is 0 Å². The highest BCUT2D eigenvalue weighted by molar-refractivity contribution is 5.91. The predicted octanol–water partition coefficient (Wildman–Crippen LogP) is 4.98. The van der Waals surface area contributed by atoms with Crippen LogP contribution in [0.1, 0.15) is 36.7 Å². The molecule has 194 valence electrons. The maximum absolute atomic E-state index is 14.8. The van der Waals surface area contributed by atoms with Gasteiger partial charge in [0.05, 0.1) is 30.9 Å². The lowest BCUT2D eigenvalue weighted by molar-refractivity contribution is -0.0583. The molecular weight excluding hydrogens is 475 g/mol. The Bertz CT molecular complexity index is 1250. The quantitative estimate of drug-likeness (QED) is 0.380. The van der Waals surface area contributed by atoms with Gasteiger partial charge in [0, 0.05) is 36.1 Å². The molecule has 1 aromatic heterocycles. The van der Waals surface area contributed by atoms with Crippen LogP contribution in [-0.4, -0.2) is 48.6 Å². The van der Waals surface area contributed by atoms with Crippen molar-refractivity contribution in [3.8, 4) is 11.5 Å². The molecule has 1 unspecified atom stereocenters. The van der Waals surface area contributed by atoms with Gasteiger partial charge >= 0.3 is 0 Å². The highest BCUT2D eigenvalue weighted by Gasteiger charge is 2.48. The molecule has 0 spiro atoms. The van der Waals surface area contributed by atoms with Crippen molar-refractivity contribution in [2.24, 2.45) is 5.41 Å². The number of nitrogens with one attached hydrogen (secondary N) is 1. The Labute approximate surface area is 207 Å². The maximum Gasteiger partial charge on any atom is 0.298 e. The number of nitrogens with zero attached hydrogens (tertiary/aromatic N) is 2. The molecule has 1 aliphatic rings. The molecule has 0 saturated heterocycles. The molecule has 36 heavy (non-hydrogen) atoms. The summed E-state index contributed by atoms with van der Waals surface area (Å²) >= 11 is 0. The van der Waals surface area contributed by atoms with Gasteiger partial charge in [-0.2, -0.15) is 8.78 Å². The van der Waals surface area contributed by atoms with E-state index in [0.717, 1.165) is 18.9 Å². The normalized spacial score (nSPS) is 15.6. The number of aryl methyl sites for hydroxylation is 1. The molecule has 2 aromatic carbocycles. The molecule has 1 saturated carbocycles. The molecule has 7 nitrogen and oxygen atoms in total. The Morgan fingerprint density at radius 2 is 1.92 bits per heavy atom. The first kappa shape index (κ1) is 26.0. The maximum atomic E-state index is 14.8. The van der Waals surface area contributed by atoms with Crippen LogP contribution in [0.3, 0.4) is 0 Å². The van der Waals surface area contributed by atoms with Gasteiger partial charge in [-0.15, -0.1) is 0 Å². The third kappa shape index (κ3) is 5.05. The largest absolute Gasteiger partial charge is 0.493 e. The zero-order chi connectivity index (χ0) is 26.1. The van der Waals surface area contributed by atoms with Crippen LogP contribution in [0.5, 0.6) is 11.5 Å². The van der Waals surface area contributed by atoms with E-state index >= 15 is 0 Å². The molecule has 0 amide bonds. The molecule has 0 bridgehead atoms. The van der Waals surface area contributed by atoms with E-state index in [1.165, 1.54) is 12.1 Å². The van der Waals surface area contributed by atoms with Crippen LogP contribution in [0, 0.1) is 18.2 Å². The SMILES string of the molecule is COc1cc2nc(C)nc(NCc3cccc(C(F)(F)CO)c3F)c2cc1OCC1(C(C)OC)CC1. The lowest BCUT2D eigenvalue weighted by Gasteiger charge is -2.23. The van der Waals surface area contributed by atoms with Gasteiger partial charge in [-0.3, -0.25) is 0 Å². The number of halogens is 3. The number of anilines is 1. The average Bonchev–Trinajstić information content (AvgIpc) is 3.66. The Balaban J connectivity index is 1.64. The first-order chi connectivity index (χ1) is 17.1. The predicted molar refractivity (Wildman–Crippen MR) is 129 cm³/mol. The summed E-state index contributed by atoms with van der Waals surface area (Å²) in [5.74, 6) is -2.88. The fourth-order valence-electron chi connectivity index (χ4n) is 4.22. The summed E-state index contributed by atoms with van der Waals surface area (Å²) in [4.78, 5) is 8.91. The lowest BCUT2D eigenvalue weighted by Crippen LogP contribution is -2.27. The van der Waals surface area contributed by atoms with Crippen molar-refractivity contribution in [3.63, 3.8) is 0 Å². The van der Waals surface area contributed by atoms with Crippen LogP contribution >= 0.6 is 0 Å². The van der Waals surface area contributed by atoms with Gasteiger partial charge < -0.3 is 24.6 Å². The lowest BCUT2D eigenvalue weighted by atomic mass is 10.0. The monoisotopic (exact) mass is 505 g/mol. The number of aromatic nitrogens is 2. The molecule has 0 radical (unpaired) electrons. The minimum Gasteiger partial charge on any atom is -0.493 e. The van der Waals surface area contributed by atoms with Crippen molar-refractivity contribution < 1.29 is 32.5 Å². The van der Waals surface area contributed by atoms with Crippen molar-refractivity contribution in [1.82, 2.24) is 9.97 Å². The fourth-order valence-corrected chi connectivity index (χ4v) is 4.22. The van der Waals surface area contributed by atoms with Crippen LogP contribution < -0.4 is 14.8 Å². The first-order valence-electron chi connectivity index (χ1n) is 11.7. The van der Waals surface area contributed by atoms with E-state index in [1.54, 1.807) is 33.3 Å². The van der Waals surface area contributed by atoms with E-state index in [9.17, 15) is 13.2 Å². The molecule has 1 fully saturated rings. The van der Waals surface area contributed by atoms with Gasteiger partial charge in [0.2, 0.25) is 0 Å². The Morgan fingerprint density at radius 1 is 1.17 bits per heavy atom. The molecule has 0 aliphatic heterocycles. The Morgan fingerprint density at radius 3 is 2.56 bits per heavy atom. The van der Waals surface area contributed by atoms with Gasteiger partial charge in [-0.05, 0) is 38.8 Å². The van der Waals surface area contributed by atoms with Gasteiger partial charge in [-0.1, -0.05) is 12.1 Å².